The first-order valence-electron chi connectivity index (χ1n) is 16.9. The van der Waals surface area contributed by atoms with Gasteiger partial charge in [-0.2, -0.15) is 0 Å². The lowest BCUT2D eigenvalue weighted by Crippen LogP contribution is -2.41. The fourth-order valence-corrected chi connectivity index (χ4v) is 6.24. The van der Waals surface area contributed by atoms with Gasteiger partial charge in [0.25, 0.3) is 6.47 Å². The minimum Gasteiger partial charge on any atom is -0.466 e. The van der Waals surface area contributed by atoms with E-state index in [0.29, 0.717) is 36.9 Å². The van der Waals surface area contributed by atoms with Crippen LogP contribution in [0.3, 0.4) is 0 Å². The van der Waals surface area contributed by atoms with E-state index in [9.17, 15) is 14.4 Å². The SMILES string of the molecule is CCC=CCC=CCC=CCC=CCC=CCCCC(=O)OCOC(=O)C=C1CN([C@H](COC=O)c2ccccc2Cl)CCC1SCOC. The maximum absolute atomic E-state index is 12.7. The topological polar surface area (TPSA) is 91.4 Å². The first kappa shape index (κ1) is 41.8. The largest absolute Gasteiger partial charge is 0.466 e. The zero-order valence-electron chi connectivity index (χ0n) is 28.9. The van der Waals surface area contributed by atoms with Gasteiger partial charge in [-0.1, -0.05) is 97.5 Å². The fraction of sp³-hybridized carbons (Fsp3) is 0.462. The molecule has 8 nitrogen and oxygen atoms in total. The molecule has 1 saturated heterocycles. The summed E-state index contributed by atoms with van der Waals surface area (Å²) in [6.07, 6.45) is 30.2. The van der Waals surface area contributed by atoms with Crippen LogP contribution >= 0.6 is 23.4 Å². The van der Waals surface area contributed by atoms with Crippen LogP contribution in [-0.2, 0) is 33.3 Å². The lowest BCUT2D eigenvalue weighted by Gasteiger charge is -2.39. The molecule has 0 aromatic heterocycles. The third kappa shape index (κ3) is 18.8. The van der Waals surface area contributed by atoms with Crippen LogP contribution in [0.1, 0.15) is 76.3 Å². The Labute approximate surface area is 301 Å². The van der Waals surface area contributed by atoms with Gasteiger partial charge in [0.2, 0.25) is 6.79 Å². The molecule has 268 valence electrons. The van der Waals surface area contributed by atoms with Crippen molar-refractivity contribution >= 4 is 41.8 Å². The van der Waals surface area contributed by atoms with Crippen molar-refractivity contribution in [2.45, 2.75) is 76.0 Å². The lowest BCUT2D eigenvalue weighted by atomic mass is 9.98. The van der Waals surface area contributed by atoms with E-state index in [1.165, 1.54) is 6.08 Å². The summed E-state index contributed by atoms with van der Waals surface area (Å²) >= 11 is 8.08. The molecule has 1 aromatic carbocycles. The van der Waals surface area contributed by atoms with Gasteiger partial charge in [0.05, 0.1) is 12.0 Å². The molecule has 1 aliphatic heterocycles. The van der Waals surface area contributed by atoms with Crippen LogP contribution in [0.5, 0.6) is 0 Å². The summed E-state index contributed by atoms with van der Waals surface area (Å²) < 4.78 is 20.8. The molecule has 1 unspecified atom stereocenters. The molecule has 1 aliphatic rings. The molecule has 2 rings (SSSR count). The van der Waals surface area contributed by atoms with Crippen molar-refractivity contribution in [2.75, 3.05) is 39.5 Å². The van der Waals surface area contributed by atoms with Crippen molar-refractivity contribution in [3.8, 4) is 0 Å². The second-order valence-electron chi connectivity index (χ2n) is 11.2. The number of carbonyl (C=O) groups is 3. The molecular weight excluding hydrogens is 662 g/mol. The Hall–Kier alpha value is -3.37. The second kappa shape index (κ2) is 27.5. The van der Waals surface area contributed by atoms with E-state index in [1.54, 1.807) is 24.9 Å². The van der Waals surface area contributed by atoms with E-state index in [0.717, 1.165) is 56.1 Å². The number of allylic oxidation sites excluding steroid dienone is 10. The third-order valence-corrected chi connectivity index (χ3v) is 9.18. The number of halogens is 1. The summed E-state index contributed by atoms with van der Waals surface area (Å²) in [5.74, 6) is -0.538. The highest BCUT2D eigenvalue weighted by Crippen LogP contribution is 2.35. The van der Waals surface area contributed by atoms with Crippen LogP contribution in [0.25, 0.3) is 0 Å². The van der Waals surface area contributed by atoms with Crippen molar-refractivity contribution in [1.82, 2.24) is 4.90 Å². The Kier molecular flexibility index (Phi) is 23.4. The quantitative estimate of drug-likeness (QED) is 0.0260. The fourth-order valence-electron chi connectivity index (χ4n) is 5.05. The van der Waals surface area contributed by atoms with Gasteiger partial charge < -0.3 is 18.9 Å². The molecule has 1 aromatic rings. The van der Waals surface area contributed by atoms with Gasteiger partial charge in [0.1, 0.15) is 6.61 Å². The zero-order chi connectivity index (χ0) is 35.4. The molecule has 1 fully saturated rings. The number of rotatable bonds is 24. The number of ether oxygens (including phenoxy) is 4. The predicted molar refractivity (Wildman–Crippen MR) is 199 cm³/mol. The molecule has 10 heteroatoms. The number of nitrogens with zero attached hydrogens (tertiary/aromatic N) is 1. The van der Waals surface area contributed by atoms with Crippen molar-refractivity contribution in [1.29, 1.82) is 0 Å². The van der Waals surface area contributed by atoms with Gasteiger partial charge in [-0.3, -0.25) is 14.5 Å². The highest BCUT2D eigenvalue weighted by molar-refractivity contribution is 7.99. The van der Waals surface area contributed by atoms with Gasteiger partial charge >= 0.3 is 11.9 Å². The van der Waals surface area contributed by atoms with Crippen LogP contribution in [0.4, 0.5) is 0 Å². The Bertz CT molecular complexity index is 1290. The standard InChI is InChI=1S/C39H52ClNO7S/c1-3-4-5-6-7-8-9-10-11-12-13-14-15-16-17-18-19-24-38(43)47-31-48-39(44)27-33-28-41(26-25-37(33)49-32-45-2)36(29-46-30-42)34-22-20-21-23-35(34)40/h4-5,7-8,10-11,13-14,16-17,20-23,27,30,36-37H,3,6,9,12,15,18-19,24-26,28-29,31-32H2,1-2H3/t36-,37?/m1/s1. The van der Waals surface area contributed by atoms with Gasteiger partial charge in [0.15, 0.2) is 0 Å². The number of hydrogen-bond acceptors (Lipinski definition) is 9. The minimum absolute atomic E-state index is 0.0288. The molecule has 0 radical (unpaired) electrons. The van der Waals surface area contributed by atoms with Gasteiger partial charge in [-0.25, -0.2) is 4.79 Å². The molecule has 0 aliphatic carbocycles. The molecule has 0 amide bonds. The number of carbonyl (C=O) groups excluding carboxylic acids is 3. The number of benzene rings is 1. The number of unbranched alkanes of at least 4 members (excludes halogenated alkanes) is 1. The molecule has 0 N–H and O–H groups in total. The highest BCUT2D eigenvalue weighted by atomic mass is 35.5. The Balaban J connectivity index is 1.73. The molecule has 0 bridgehead atoms. The lowest BCUT2D eigenvalue weighted by molar-refractivity contribution is -0.164. The number of likely N-dealkylation sites (tertiary alicyclic amines) is 1. The molecule has 1 heterocycles. The average molecular weight is 714 g/mol. The number of esters is 2. The van der Waals surface area contributed by atoms with E-state index in [2.05, 4.69) is 72.6 Å². The Morgan fingerprint density at radius 3 is 2.24 bits per heavy atom. The maximum atomic E-state index is 12.7. The van der Waals surface area contributed by atoms with Crippen LogP contribution in [-0.4, -0.2) is 68.1 Å². The second-order valence-corrected chi connectivity index (χ2v) is 12.8. The summed E-state index contributed by atoms with van der Waals surface area (Å²) in [5.41, 5.74) is 1.68. The number of methoxy groups -OCH3 is 1. The minimum atomic E-state index is -0.593. The van der Waals surface area contributed by atoms with Crippen molar-refractivity contribution in [3.05, 3.63) is 107 Å². The smallest absolute Gasteiger partial charge is 0.333 e. The maximum Gasteiger partial charge on any atom is 0.333 e. The summed E-state index contributed by atoms with van der Waals surface area (Å²) in [4.78, 5) is 38.1. The number of hydrogen-bond donors (Lipinski definition) is 0. The normalized spacial score (nSPS) is 17.2. The zero-order valence-corrected chi connectivity index (χ0v) is 30.5. The molecule has 49 heavy (non-hydrogen) atoms. The van der Waals surface area contributed by atoms with E-state index in [1.807, 2.05) is 18.2 Å². The predicted octanol–water partition coefficient (Wildman–Crippen LogP) is 8.86. The summed E-state index contributed by atoms with van der Waals surface area (Å²) in [7, 11) is 1.63. The first-order chi connectivity index (χ1) is 24.0. The molecule has 0 saturated carbocycles. The summed E-state index contributed by atoms with van der Waals surface area (Å²) in [6, 6.07) is 7.14. The Morgan fingerprint density at radius 1 is 0.959 bits per heavy atom. The molecule has 0 spiro atoms. The van der Waals surface area contributed by atoms with Crippen LogP contribution < -0.4 is 0 Å². The van der Waals surface area contributed by atoms with E-state index in [4.69, 9.17) is 30.5 Å². The van der Waals surface area contributed by atoms with Gasteiger partial charge in [-0.05, 0) is 68.6 Å². The number of piperidine rings is 1. The van der Waals surface area contributed by atoms with Crippen LogP contribution in [0, 0.1) is 0 Å². The number of thioether (sulfide) groups is 1. The van der Waals surface area contributed by atoms with Crippen LogP contribution in [0.2, 0.25) is 5.02 Å². The van der Waals surface area contributed by atoms with E-state index < -0.39 is 18.7 Å². The highest BCUT2D eigenvalue weighted by Gasteiger charge is 2.31. The van der Waals surface area contributed by atoms with Crippen molar-refractivity contribution < 1.29 is 33.3 Å². The van der Waals surface area contributed by atoms with Gasteiger partial charge in [0, 0.05) is 43.0 Å². The third-order valence-electron chi connectivity index (χ3n) is 7.53. The van der Waals surface area contributed by atoms with Crippen LogP contribution in [0.15, 0.2) is 96.7 Å². The van der Waals surface area contributed by atoms with Crippen molar-refractivity contribution in [3.63, 3.8) is 0 Å². The van der Waals surface area contributed by atoms with Gasteiger partial charge in [-0.15, -0.1) is 11.8 Å². The summed E-state index contributed by atoms with van der Waals surface area (Å²) in [6.45, 7) is 3.37. The van der Waals surface area contributed by atoms with E-state index in [-0.39, 0.29) is 24.3 Å². The average Bonchev–Trinajstić information content (AvgIpc) is 3.10. The Morgan fingerprint density at radius 2 is 1.61 bits per heavy atom. The monoisotopic (exact) mass is 713 g/mol. The molecular formula is C39H52ClNO7S. The van der Waals surface area contributed by atoms with Crippen molar-refractivity contribution in [2.24, 2.45) is 0 Å². The summed E-state index contributed by atoms with van der Waals surface area (Å²) in [5, 5.41) is 0.601. The molecule has 2 atom stereocenters. The van der Waals surface area contributed by atoms with E-state index >= 15 is 0 Å². The first-order valence-corrected chi connectivity index (χ1v) is 18.3.